The van der Waals surface area contributed by atoms with Crippen LogP contribution in [0.1, 0.15) is 35.3 Å². The number of amides is 1. The Balaban J connectivity index is 0.000000333. The molecular formula is C24H25F6N3O7. The molecule has 0 aliphatic carbocycles. The first kappa shape index (κ1) is 32.4. The molecule has 1 unspecified atom stereocenters. The number of carbonyl (C=O) groups is 3. The van der Waals surface area contributed by atoms with E-state index in [-0.39, 0.29) is 17.6 Å². The predicted octanol–water partition coefficient (Wildman–Crippen LogP) is 3.72. The fourth-order valence-corrected chi connectivity index (χ4v) is 3.72. The van der Waals surface area contributed by atoms with Gasteiger partial charge in [-0.1, -0.05) is 12.1 Å². The van der Waals surface area contributed by atoms with E-state index in [0.717, 1.165) is 24.8 Å². The van der Waals surface area contributed by atoms with E-state index in [1.165, 1.54) is 0 Å². The number of nitrogens with zero attached hydrogens (tertiary/aromatic N) is 3. The second-order valence-electron chi connectivity index (χ2n) is 8.61. The van der Waals surface area contributed by atoms with Gasteiger partial charge in [-0.25, -0.2) is 9.59 Å². The van der Waals surface area contributed by atoms with Crippen LogP contribution in [-0.2, 0) is 25.7 Å². The van der Waals surface area contributed by atoms with Gasteiger partial charge in [0, 0.05) is 38.1 Å². The molecule has 0 saturated carbocycles. The molecule has 4 rings (SSSR count). The number of hydrogen-bond donors (Lipinski definition) is 2. The van der Waals surface area contributed by atoms with E-state index >= 15 is 0 Å². The third kappa shape index (κ3) is 10.4. The number of carbonyl (C=O) groups excluding carboxylic acids is 1. The molecule has 2 aliphatic rings. The molecule has 16 heteroatoms. The fraction of sp³-hybridized carbons (Fsp3) is 0.458. The Hall–Kier alpha value is -3.79. The molecule has 0 aromatic carbocycles. The molecule has 1 amide bonds. The van der Waals surface area contributed by atoms with Crippen LogP contribution in [0.25, 0.3) is 0 Å². The van der Waals surface area contributed by atoms with Crippen LogP contribution in [0.2, 0.25) is 0 Å². The summed E-state index contributed by atoms with van der Waals surface area (Å²) in [6.45, 7) is 2.58. The maximum Gasteiger partial charge on any atom is 0.490 e. The van der Waals surface area contributed by atoms with Crippen LogP contribution in [0.5, 0.6) is 0 Å². The van der Waals surface area contributed by atoms with Crippen LogP contribution < -0.4 is 0 Å². The Morgan fingerprint density at radius 3 is 2.05 bits per heavy atom. The fourth-order valence-electron chi connectivity index (χ4n) is 3.72. The van der Waals surface area contributed by atoms with Gasteiger partial charge in [-0.3, -0.25) is 14.8 Å². The van der Waals surface area contributed by atoms with Crippen molar-refractivity contribution >= 4 is 17.8 Å². The van der Waals surface area contributed by atoms with Gasteiger partial charge in [-0.2, -0.15) is 26.3 Å². The number of alkyl halides is 6. The number of aliphatic carboxylic acids is 2. The average Bonchev–Trinajstić information content (AvgIpc) is 3.30. The summed E-state index contributed by atoms with van der Waals surface area (Å²) < 4.78 is 75.6. The van der Waals surface area contributed by atoms with Crippen molar-refractivity contribution < 1.29 is 60.4 Å². The van der Waals surface area contributed by atoms with Crippen molar-refractivity contribution in [1.82, 2.24) is 14.9 Å². The van der Waals surface area contributed by atoms with Gasteiger partial charge in [0.25, 0.3) is 5.91 Å². The number of ether oxygens (including phenoxy) is 2. The van der Waals surface area contributed by atoms with Gasteiger partial charge in [-0.15, -0.1) is 0 Å². The highest BCUT2D eigenvalue weighted by Gasteiger charge is 2.44. The first-order valence-electron chi connectivity index (χ1n) is 11.6. The number of piperidine rings is 1. The molecule has 1 spiro atoms. The topological polar surface area (TPSA) is 139 Å². The molecule has 0 bridgehead atoms. The molecule has 40 heavy (non-hydrogen) atoms. The monoisotopic (exact) mass is 581 g/mol. The van der Waals surface area contributed by atoms with Crippen molar-refractivity contribution in [2.75, 3.05) is 19.7 Å². The van der Waals surface area contributed by atoms with Crippen molar-refractivity contribution in [2.24, 2.45) is 0 Å². The van der Waals surface area contributed by atoms with Crippen molar-refractivity contribution in [2.45, 2.75) is 49.9 Å². The zero-order valence-electron chi connectivity index (χ0n) is 20.7. The Morgan fingerprint density at radius 1 is 0.975 bits per heavy atom. The third-order valence-corrected chi connectivity index (χ3v) is 5.71. The van der Waals surface area contributed by atoms with E-state index in [0.29, 0.717) is 32.0 Å². The normalized spacial score (nSPS) is 18.1. The summed E-state index contributed by atoms with van der Waals surface area (Å²) in [7, 11) is 0. The van der Waals surface area contributed by atoms with Crippen molar-refractivity contribution in [1.29, 1.82) is 0 Å². The Bertz CT molecular complexity index is 1090. The van der Waals surface area contributed by atoms with Gasteiger partial charge in [-0.05, 0) is 36.6 Å². The van der Waals surface area contributed by atoms with Crippen LogP contribution in [0.15, 0.2) is 48.9 Å². The van der Waals surface area contributed by atoms with Crippen LogP contribution in [0.4, 0.5) is 26.3 Å². The lowest BCUT2D eigenvalue weighted by atomic mass is 9.88. The molecule has 0 radical (unpaired) electrons. The average molecular weight is 581 g/mol. The van der Waals surface area contributed by atoms with Gasteiger partial charge >= 0.3 is 24.3 Å². The second-order valence-corrected chi connectivity index (χ2v) is 8.61. The van der Waals surface area contributed by atoms with Crippen molar-refractivity contribution in [3.8, 4) is 0 Å². The number of aromatic nitrogens is 2. The van der Waals surface area contributed by atoms with Crippen LogP contribution in [-0.4, -0.2) is 86.7 Å². The van der Waals surface area contributed by atoms with Gasteiger partial charge in [0.05, 0.1) is 24.9 Å². The maximum atomic E-state index is 12.5. The summed E-state index contributed by atoms with van der Waals surface area (Å²) in [6, 6.07) is 9.36. The molecule has 2 aromatic heterocycles. The standard InChI is InChI=1S/C20H23N3O3.2C2HF3O2/c24-19(18-5-1-2-9-22-18)23-10-6-20(7-11-23)12-17(15-26-20)25-14-16-4-3-8-21-13-16;2*3-2(4,5)1(6)7/h1-5,8-9,13,17H,6-7,10-12,14-15H2;2*(H,6,7). The quantitative estimate of drug-likeness (QED) is 0.517. The molecule has 2 aromatic rings. The SMILES string of the molecule is O=C(O)C(F)(F)F.O=C(O)C(F)(F)F.O=C(c1ccccn1)N1CCC2(CC1)CC(OCc1cccnc1)CO2. The lowest BCUT2D eigenvalue weighted by Gasteiger charge is -2.38. The molecule has 2 N–H and O–H groups in total. The zero-order chi connectivity index (χ0) is 30.0. The Morgan fingerprint density at radius 2 is 1.57 bits per heavy atom. The van der Waals surface area contributed by atoms with E-state index in [9.17, 15) is 31.1 Å². The Labute approximate surface area is 223 Å². The van der Waals surface area contributed by atoms with E-state index in [4.69, 9.17) is 29.3 Å². The summed E-state index contributed by atoms with van der Waals surface area (Å²) in [4.78, 5) is 40.5. The number of likely N-dealkylation sites (tertiary alicyclic amines) is 1. The molecule has 4 heterocycles. The number of pyridine rings is 2. The number of halogens is 6. The maximum absolute atomic E-state index is 12.5. The highest BCUT2D eigenvalue weighted by Crippen LogP contribution is 2.37. The summed E-state index contributed by atoms with van der Waals surface area (Å²) in [5.41, 5.74) is 1.43. The van der Waals surface area contributed by atoms with Gasteiger partial charge < -0.3 is 24.6 Å². The van der Waals surface area contributed by atoms with E-state index in [1.807, 2.05) is 35.4 Å². The minimum Gasteiger partial charge on any atom is -0.475 e. The molecule has 2 saturated heterocycles. The molecule has 2 aliphatic heterocycles. The first-order valence-corrected chi connectivity index (χ1v) is 11.6. The predicted molar refractivity (Wildman–Crippen MR) is 123 cm³/mol. The lowest BCUT2D eigenvalue weighted by molar-refractivity contribution is -0.193. The lowest BCUT2D eigenvalue weighted by Crippen LogP contribution is -2.46. The van der Waals surface area contributed by atoms with Crippen LogP contribution in [0.3, 0.4) is 0 Å². The van der Waals surface area contributed by atoms with Crippen molar-refractivity contribution in [3.05, 3.63) is 60.2 Å². The van der Waals surface area contributed by atoms with E-state index < -0.39 is 24.3 Å². The number of carboxylic acid groups (broad SMARTS) is 2. The van der Waals surface area contributed by atoms with Gasteiger partial charge in [0.1, 0.15) is 5.69 Å². The first-order chi connectivity index (χ1) is 18.6. The minimum atomic E-state index is -5.08. The number of rotatable bonds is 4. The van der Waals surface area contributed by atoms with Crippen LogP contribution >= 0.6 is 0 Å². The smallest absolute Gasteiger partial charge is 0.475 e. The van der Waals surface area contributed by atoms with Gasteiger partial charge in [0.2, 0.25) is 0 Å². The molecule has 10 nitrogen and oxygen atoms in total. The summed E-state index contributed by atoms with van der Waals surface area (Å²) >= 11 is 0. The third-order valence-electron chi connectivity index (χ3n) is 5.71. The molecule has 1 atom stereocenters. The Kier molecular flexibility index (Phi) is 11.4. The molecule has 220 valence electrons. The summed E-state index contributed by atoms with van der Waals surface area (Å²) in [6.07, 6.45) is -2.24. The zero-order valence-corrected chi connectivity index (χ0v) is 20.7. The minimum absolute atomic E-state index is 0.00262. The number of carboxylic acids is 2. The van der Waals surface area contributed by atoms with Crippen LogP contribution in [0, 0.1) is 0 Å². The summed E-state index contributed by atoms with van der Waals surface area (Å²) in [5.74, 6) is -5.51. The molecular weight excluding hydrogens is 556 g/mol. The van der Waals surface area contributed by atoms with Gasteiger partial charge in [0.15, 0.2) is 0 Å². The highest BCUT2D eigenvalue weighted by atomic mass is 19.4. The van der Waals surface area contributed by atoms with E-state index in [1.54, 1.807) is 18.5 Å². The highest BCUT2D eigenvalue weighted by molar-refractivity contribution is 5.92. The second kappa shape index (κ2) is 14.0. The molecule has 2 fully saturated rings. The van der Waals surface area contributed by atoms with E-state index in [2.05, 4.69) is 9.97 Å². The summed E-state index contributed by atoms with van der Waals surface area (Å²) in [5, 5.41) is 14.2. The largest absolute Gasteiger partial charge is 0.490 e. The number of hydrogen-bond acceptors (Lipinski definition) is 7. The van der Waals surface area contributed by atoms with Crippen molar-refractivity contribution in [3.63, 3.8) is 0 Å².